The number of rotatable bonds is 4. The lowest BCUT2D eigenvalue weighted by Gasteiger charge is -2.36. The summed E-state index contributed by atoms with van der Waals surface area (Å²) in [6.07, 6.45) is 1.44. The first-order valence-corrected chi connectivity index (χ1v) is 10.8. The molecule has 0 aliphatic carbocycles. The molecule has 0 bridgehead atoms. The number of amides is 2. The number of hydrogen-bond acceptors (Lipinski definition) is 6. The van der Waals surface area contributed by atoms with Crippen LogP contribution in [0, 0.1) is 17.7 Å². The second kappa shape index (κ2) is 8.28. The minimum atomic E-state index is -0.785. The fraction of sp³-hybridized carbons (Fsp3) is 0.364. The predicted octanol–water partition coefficient (Wildman–Crippen LogP) is 1.88. The van der Waals surface area contributed by atoms with Gasteiger partial charge in [-0.05, 0) is 19.1 Å². The molecule has 0 spiro atoms. The number of halogens is 3. The molecule has 34 heavy (non-hydrogen) atoms. The number of carbonyl (C=O) groups is 2. The summed E-state index contributed by atoms with van der Waals surface area (Å²) in [5.41, 5.74) is 0.824. The number of aromatic nitrogens is 3. The van der Waals surface area contributed by atoms with Gasteiger partial charge in [-0.1, -0.05) is 0 Å². The first-order valence-electron chi connectivity index (χ1n) is 10.8. The number of hydrogen-bond donors (Lipinski definition) is 2. The highest BCUT2D eigenvalue weighted by molar-refractivity contribution is 6.05. The molecule has 2 N–H and O–H groups in total. The minimum Gasteiger partial charge on any atom is -0.365 e. The van der Waals surface area contributed by atoms with Crippen LogP contribution < -0.4 is 15.5 Å². The standard InChI is InChI=1S/C22H22F3N7O2/c1-11-15-18-17(28-21(11)33)16(23)12(10-32(18)29-20(15)25)9-30-5-7-31(8-6-30)14-4-3-13(22(34)26-2)27-19(14)24/h3-4,10-11H,5-9H2,1-2H3,(H,26,34)(H,28,33)/t11-/m0/s1. The summed E-state index contributed by atoms with van der Waals surface area (Å²) in [7, 11) is 1.45. The van der Waals surface area contributed by atoms with Gasteiger partial charge in [-0.2, -0.15) is 8.78 Å². The summed E-state index contributed by atoms with van der Waals surface area (Å²) in [6.45, 7) is 3.69. The van der Waals surface area contributed by atoms with Crippen molar-refractivity contribution in [3.05, 3.63) is 52.9 Å². The summed E-state index contributed by atoms with van der Waals surface area (Å²) in [6, 6.07) is 2.99. The Morgan fingerprint density at radius 2 is 1.91 bits per heavy atom. The first kappa shape index (κ1) is 22.1. The Bertz CT molecular complexity index is 1320. The molecule has 178 valence electrons. The van der Waals surface area contributed by atoms with Gasteiger partial charge in [-0.25, -0.2) is 13.9 Å². The maximum Gasteiger partial charge on any atom is 0.269 e. The zero-order valence-corrected chi connectivity index (χ0v) is 18.5. The molecule has 2 aliphatic heterocycles. The van der Waals surface area contributed by atoms with Crippen LogP contribution in [0.15, 0.2) is 18.3 Å². The molecule has 12 heteroatoms. The van der Waals surface area contributed by atoms with Gasteiger partial charge in [0.25, 0.3) is 5.91 Å². The second-order valence-electron chi connectivity index (χ2n) is 8.40. The molecule has 0 saturated carbocycles. The van der Waals surface area contributed by atoms with Gasteiger partial charge in [-0.3, -0.25) is 14.5 Å². The Morgan fingerprint density at radius 3 is 2.59 bits per heavy atom. The Balaban J connectivity index is 1.33. The predicted molar refractivity (Wildman–Crippen MR) is 117 cm³/mol. The van der Waals surface area contributed by atoms with E-state index in [4.69, 9.17) is 0 Å². The zero-order valence-electron chi connectivity index (χ0n) is 18.5. The van der Waals surface area contributed by atoms with Crippen molar-refractivity contribution in [1.29, 1.82) is 0 Å². The van der Waals surface area contributed by atoms with Gasteiger partial charge in [0.2, 0.25) is 17.8 Å². The topological polar surface area (TPSA) is 94.9 Å². The molecule has 1 atom stereocenters. The SMILES string of the molecule is CNC(=O)c1ccc(N2CCN(Cc3cn4nc(F)c5c4c(c3F)NC(=O)[C@H]5C)CC2)c(F)n1. The molecule has 1 fully saturated rings. The molecule has 1 saturated heterocycles. The van der Waals surface area contributed by atoms with Crippen LogP contribution in [0.25, 0.3) is 5.52 Å². The monoisotopic (exact) mass is 473 g/mol. The number of anilines is 2. The Labute approximate surface area is 192 Å². The quantitative estimate of drug-likeness (QED) is 0.562. The number of pyridine rings is 2. The van der Waals surface area contributed by atoms with Crippen molar-refractivity contribution in [3.8, 4) is 0 Å². The molecule has 0 radical (unpaired) electrons. The highest BCUT2D eigenvalue weighted by atomic mass is 19.1. The Kier molecular flexibility index (Phi) is 5.39. The lowest BCUT2D eigenvalue weighted by Crippen LogP contribution is -2.46. The van der Waals surface area contributed by atoms with Gasteiger partial charge in [0.15, 0.2) is 5.82 Å². The van der Waals surface area contributed by atoms with E-state index in [0.717, 1.165) is 0 Å². The smallest absolute Gasteiger partial charge is 0.269 e. The van der Waals surface area contributed by atoms with Crippen molar-refractivity contribution < 1.29 is 22.8 Å². The minimum absolute atomic E-state index is 0.00286. The van der Waals surface area contributed by atoms with Crippen molar-refractivity contribution in [1.82, 2.24) is 24.8 Å². The number of piperazine rings is 1. The molecule has 2 amide bonds. The highest BCUT2D eigenvalue weighted by Crippen LogP contribution is 2.37. The van der Waals surface area contributed by atoms with Crippen molar-refractivity contribution >= 4 is 28.7 Å². The highest BCUT2D eigenvalue weighted by Gasteiger charge is 2.34. The average molecular weight is 473 g/mol. The van der Waals surface area contributed by atoms with E-state index in [9.17, 15) is 18.4 Å². The van der Waals surface area contributed by atoms with Crippen LogP contribution in [0.4, 0.5) is 24.5 Å². The Hall–Kier alpha value is -3.67. The largest absolute Gasteiger partial charge is 0.365 e. The summed E-state index contributed by atoms with van der Waals surface area (Å²) in [4.78, 5) is 31.4. The van der Waals surface area contributed by atoms with Crippen LogP contribution in [0.1, 0.15) is 34.5 Å². The van der Waals surface area contributed by atoms with Gasteiger partial charge in [-0.15, -0.1) is 5.10 Å². The number of nitrogens with zero attached hydrogens (tertiary/aromatic N) is 5. The van der Waals surface area contributed by atoms with E-state index in [2.05, 4.69) is 20.7 Å². The molecule has 5 rings (SSSR count). The summed E-state index contributed by atoms with van der Waals surface area (Å²) in [5.74, 6) is -3.84. The third-order valence-corrected chi connectivity index (χ3v) is 6.39. The lowest BCUT2D eigenvalue weighted by atomic mass is 9.96. The van der Waals surface area contributed by atoms with Crippen LogP contribution in [-0.4, -0.2) is 64.5 Å². The normalized spacial score (nSPS) is 18.3. The van der Waals surface area contributed by atoms with E-state index >= 15 is 4.39 Å². The lowest BCUT2D eigenvalue weighted by molar-refractivity contribution is -0.117. The van der Waals surface area contributed by atoms with Gasteiger partial charge in [0.1, 0.15) is 11.4 Å². The second-order valence-corrected chi connectivity index (χ2v) is 8.40. The van der Waals surface area contributed by atoms with Gasteiger partial charge in [0, 0.05) is 57.1 Å². The van der Waals surface area contributed by atoms with Gasteiger partial charge < -0.3 is 15.5 Å². The van der Waals surface area contributed by atoms with E-state index in [1.54, 1.807) is 6.92 Å². The van der Waals surface area contributed by atoms with Crippen molar-refractivity contribution in [2.45, 2.75) is 19.4 Å². The Morgan fingerprint density at radius 1 is 1.18 bits per heavy atom. The maximum absolute atomic E-state index is 15.3. The average Bonchev–Trinajstić information content (AvgIpc) is 3.16. The van der Waals surface area contributed by atoms with Gasteiger partial charge in [0.05, 0.1) is 17.1 Å². The van der Waals surface area contributed by atoms with Gasteiger partial charge >= 0.3 is 0 Å². The van der Waals surface area contributed by atoms with E-state index in [1.807, 2.05) is 9.80 Å². The van der Waals surface area contributed by atoms with Crippen LogP contribution in [0.3, 0.4) is 0 Å². The summed E-state index contributed by atoms with van der Waals surface area (Å²) >= 11 is 0. The molecule has 3 aromatic heterocycles. The van der Waals surface area contributed by atoms with Crippen molar-refractivity contribution in [2.24, 2.45) is 0 Å². The van der Waals surface area contributed by atoms with Crippen LogP contribution >= 0.6 is 0 Å². The molecule has 5 heterocycles. The third-order valence-electron chi connectivity index (χ3n) is 6.39. The van der Waals surface area contributed by atoms with E-state index < -0.39 is 35.4 Å². The fourth-order valence-corrected chi connectivity index (χ4v) is 4.51. The molecule has 3 aromatic rings. The van der Waals surface area contributed by atoms with Crippen molar-refractivity contribution in [3.63, 3.8) is 0 Å². The third kappa shape index (κ3) is 3.54. The summed E-state index contributed by atoms with van der Waals surface area (Å²) < 4.78 is 45.5. The maximum atomic E-state index is 15.3. The molecule has 9 nitrogen and oxygen atoms in total. The zero-order chi connectivity index (χ0) is 24.1. The van der Waals surface area contributed by atoms with E-state index in [0.29, 0.717) is 31.9 Å². The van der Waals surface area contributed by atoms with Crippen LogP contribution in [0.2, 0.25) is 0 Å². The van der Waals surface area contributed by atoms with E-state index in [-0.39, 0.29) is 34.6 Å². The fourth-order valence-electron chi connectivity index (χ4n) is 4.51. The van der Waals surface area contributed by atoms with Crippen LogP contribution in [0.5, 0.6) is 0 Å². The number of nitrogens with one attached hydrogen (secondary N) is 2. The molecular weight excluding hydrogens is 451 g/mol. The van der Waals surface area contributed by atoms with Crippen LogP contribution in [-0.2, 0) is 11.3 Å². The van der Waals surface area contributed by atoms with Crippen molar-refractivity contribution in [2.75, 3.05) is 43.4 Å². The molecule has 0 aromatic carbocycles. The van der Waals surface area contributed by atoms with E-state index in [1.165, 1.54) is 29.9 Å². The molecule has 2 aliphatic rings. The molecular formula is C22H22F3N7O2. The number of carbonyl (C=O) groups excluding carboxylic acids is 2. The first-order chi connectivity index (χ1) is 16.3. The molecule has 0 unspecified atom stereocenters. The summed E-state index contributed by atoms with van der Waals surface area (Å²) in [5, 5.41) is 8.78.